The number of nitrogens with one attached hydrogen (secondary N) is 2. The third-order valence-electron chi connectivity index (χ3n) is 4.89. The van der Waals surface area contributed by atoms with Crippen LogP contribution in [-0.4, -0.2) is 19.1 Å². The first-order valence-electron chi connectivity index (χ1n) is 8.97. The van der Waals surface area contributed by atoms with Crippen LogP contribution >= 0.6 is 0 Å². The molecule has 0 saturated carbocycles. The zero-order valence-corrected chi connectivity index (χ0v) is 15.9. The van der Waals surface area contributed by atoms with Crippen molar-refractivity contribution in [1.29, 1.82) is 0 Å². The van der Waals surface area contributed by atoms with E-state index in [2.05, 4.69) is 10.4 Å². The van der Waals surface area contributed by atoms with Crippen LogP contribution in [0.15, 0.2) is 70.3 Å². The molecule has 7 nitrogen and oxygen atoms in total. The van der Waals surface area contributed by atoms with Gasteiger partial charge in [-0.05, 0) is 38.1 Å². The van der Waals surface area contributed by atoms with E-state index in [0.29, 0.717) is 17.1 Å². The van der Waals surface area contributed by atoms with Crippen LogP contribution in [0.4, 0.5) is 11.4 Å². The van der Waals surface area contributed by atoms with E-state index in [-0.39, 0.29) is 11.1 Å². The second-order valence-electron chi connectivity index (χ2n) is 6.65. The average molecular weight is 375 g/mol. The van der Waals surface area contributed by atoms with Crippen LogP contribution in [-0.2, 0) is 7.05 Å². The second-order valence-corrected chi connectivity index (χ2v) is 6.65. The molecular formula is C21H21N5O2. The minimum absolute atomic E-state index is 0.211. The van der Waals surface area contributed by atoms with Gasteiger partial charge in [0.2, 0.25) is 0 Å². The molecule has 0 radical (unpaired) electrons. The maximum atomic E-state index is 13.1. The van der Waals surface area contributed by atoms with Gasteiger partial charge in [-0.25, -0.2) is 9.36 Å². The molecule has 142 valence electrons. The number of para-hydroxylation sites is 2. The normalized spacial score (nSPS) is 11.0. The molecule has 2 heterocycles. The van der Waals surface area contributed by atoms with Gasteiger partial charge in [-0.15, -0.1) is 0 Å². The van der Waals surface area contributed by atoms with E-state index in [9.17, 15) is 9.59 Å². The van der Waals surface area contributed by atoms with Crippen molar-refractivity contribution in [2.75, 3.05) is 5.32 Å². The Hall–Kier alpha value is -3.74. The molecule has 0 aliphatic heterocycles. The number of hydrogen-bond donors (Lipinski definition) is 2. The molecule has 4 aromatic rings. The van der Waals surface area contributed by atoms with Gasteiger partial charge < -0.3 is 5.32 Å². The highest BCUT2D eigenvalue weighted by Crippen LogP contribution is 2.19. The first kappa shape index (κ1) is 17.7. The van der Waals surface area contributed by atoms with Crippen molar-refractivity contribution in [3.05, 3.63) is 92.8 Å². The molecule has 4 rings (SSSR count). The number of aromatic nitrogens is 4. The van der Waals surface area contributed by atoms with Gasteiger partial charge in [-0.2, -0.15) is 0 Å². The first-order valence-corrected chi connectivity index (χ1v) is 8.97. The molecule has 2 aromatic heterocycles. The lowest BCUT2D eigenvalue weighted by Gasteiger charge is -2.07. The van der Waals surface area contributed by atoms with Gasteiger partial charge in [0.15, 0.2) is 0 Å². The van der Waals surface area contributed by atoms with Crippen molar-refractivity contribution in [2.24, 2.45) is 7.05 Å². The van der Waals surface area contributed by atoms with Gasteiger partial charge in [0, 0.05) is 7.05 Å². The van der Waals surface area contributed by atoms with E-state index in [1.807, 2.05) is 74.6 Å². The summed E-state index contributed by atoms with van der Waals surface area (Å²) in [5.41, 5.74) is 3.17. The number of nitrogens with zero attached hydrogens (tertiary/aromatic N) is 3. The Labute approximate surface area is 161 Å². The zero-order valence-electron chi connectivity index (χ0n) is 15.9. The van der Waals surface area contributed by atoms with E-state index in [1.165, 1.54) is 4.68 Å². The van der Waals surface area contributed by atoms with Crippen molar-refractivity contribution in [2.45, 2.75) is 13.8 Å². The van der Waals surface area contributed by atoms with Crippen LogP contribution in [0, 0.1) is 13.8 Å². The molecule has 0 amide bonds. The summed E-state index contributed by atoms with van der Waals surface area (Å²) in [5, 5.41) is 6.15. The minimum Gasteiger partial charge on any atom is -0.343 e. The largest absolute Gasteiger partial charge is 0.343 e. The summed E-state index contributed by atoms with van der Waals surface area (Å²) in [7, 11) is 1.82. The number of H-pyrrole nitrogens is 1. The maximum Gasteiger partial charge on any atom is 0.295 e. The van der Waals surface area contributed by atoms with Crippen molar-refractivity contribution in [3.8, 4) is 11.4 Å². The van der Waals surface area contributed by atoms with E-state index >= 15 is 0 Å². The molecule has 0 spiro atoms. The Balaban J connectivity index is 1.81. The Morgan fingerprint density at radius 1 is 0.786 bits per heavy atom. The fraction of sp³-hybridized carbons (Fsp3) is 0.143. The maximum absolute atomic E-state index is 13.1. The monoisotopic (exact) mass is 375 g/mol. The standard InChI is InChI=1S/C21H21N5O2/c1-14-18(20(27)25(23-14)16-10-6-4-7-11-16)22-19-15(2)24(3)26(21(19)28)17-12-8-5-9-13-17/h4-13,22-23H,1-3H3. The first-order chi connectivity index (χ1) is 13.5. The highest BCUT2D eigenvalue weighted by Gasteiger charge is 2.20. The smallest absolute Gasteiger partial charge is 0.295 e. The molecule has 7 heteroatoms. The quantitative estimate of drug-likeness (QED) is 0.576. The summed E-state index contributed by atoms with van der Waals surface area (Å²) in [6, 6.07) is 18.7. The summed E-state index contributed by atoms with van der Waals surface area (Å²) >= 11 is 0. The lowest BCUT2D eigenvalue weighted by atomic mass is 10.3. The Morgan fingerprint density at radius 3 is 1.96 bits per heavy atom. The van der Waals surface area contributed by atoms with E-state index in [4.69, 9.17) is 0 Å². The average Bonchev–Trinajstić information content (AvgIpc) is 3.11. The van der Waals surface area contributed by atoms with Crippen molar-refractivity contribution in [3.63, 3.8) is 0 Å². The Bertz CT molecular complexity index is 1240. The Morgan fingerprint density at radius 2 is 1.36 bits per heavy atom. The molecule has 2 N–H and O–H groups in total. The summed E-state index contributed by atoms with van der Waals surface area (Å²) < 4.78 is 4.82. The topological polar surface area (TPSA) is 76.8 Å². The van der Waals surface area contributed by atoms with Crippen LogP contribution in [0.3, 0.4) is 0 Å². The molecule has 0 atom stereocenters. The third kappa shape index (κ3) is 2.77. The fourth-order valence-electron chi connectivity index (χ4n) is 3.29. The van der Waals surface area contributed by atoms with Gasteiger partial charge in [0.05, 0.1) is 22.8 Å². The molecule has 0 fully saturated rings. The summed E-state index contributed by atoms with van der Waals surface area (Å²) in [6.07, 6.45) is 0. The van der Waals surface area contributed by atoms with Crippen LogP contribution in [0.2, 0.25) is 0 Å². The fourth-order valence-corrected chi connectivity index (χ4v) is 3.29. The molecule has 0 aliphatic rings. The molecular weight excluding hydrogens is 354 g/mol. The van der Waals surface area contributed by atoms with Crippen molar-refractivity contribution >= 4 is 11.4 Å². The number of benzene rings is 2. The highest BCUT2D eigenvalue weighted by atomic mass is 16.1. The summed E-state index contributed by atoms with van der Waals surface area (Å²) in [6.45, 7) is 3.65. The number of anilines is 2. The number of aromatic amines is 1. The van der Waals surface area contributed by atoms with E-state index < -0.39 is 0 Å². The molecule has 0 unspecified atom stereocenters. The third-order valence-corrected chi connectivity index (χ3v) is 4.89. The summed E-state index contributed by atoms with van der Waals surface area (Å²) in [4.78, 5) is 26.0. The molecule has 0 bridgehead atoms. The number of aryl methyl sites for hydroxylation is 1. The van der Waals surface area contributed by atoms with Crippen LogP contribution < -0.4 is 16.4 Å². The minimum atomic E-state index is -0.238. The van der Waals surface area contributed by atoms with Crippen LogP contribution in [0.5, 0.6) is 0 Å². The number of hydrogen-bond acceptors (Lipinski definition) is 3. The lowest BCUT2D eigenvalue weighted by molar-refractivity contribution is 0.630. The van der Waals surface area contributed by atoms with Gasteiger partial charge >= 0.3 is 0 Å². The van der Waals surface area contributed by atoms with Gasteiger partial charge in [0.25, 0.3) is 11.1 Å². The van der Waals surface area contributed by atoms with Gasteiger partial charge in [0.1, 0.15) is 11.4 Å². The van der Waals surface area contributed by atoms with E-state index in [0.717, 1.165) is 17.1 Å². The molecule has 28 heavy (non-hydrogen) atoms. The van der Waals surface area contributed by atoms with Gasteiger partial charge in [-0.1, -0.05) is 36.4 Å². The second kappa shape index (κ2) is 6.77. The molecule has 0 aliphatic carbocycles. The summed E-state index contributed by atoms with van der Waals surface area (Å²) in [5.74, 6) is 0. The van der Waals surface area contributed by atoms with Crippen molar-refractivity contribution < 1.29 is 0 Å². The number of rotatable bonds is 4. The van der Waals surface area contributed by atoms with Crippen molar-refractivity contribution in [1.82, 2.24) is 19.1 Å². The molecule has 0 saturated heterocycles. The van der Waals surface area contributed by atoms with Crippen LogP contribution in [0.1, 0.15) is 11.4 Å². The predicted octanol–water partition coefficient (Wildman–Crippen LogP) is 3.02. The SMILES string of the molecule is Cc1[nH]n(-c2ccccc2)c(=O)c1Nc1c(C)n(C)n(-c2ccccc2)c1=O. The molecule has 2 aromatic carbocycles. The Kier molecular flexibility index (Phi) is 4.27. The van der Waals surface area contributed by atoms with Gasteiger partial charge in [-0.3, -0.25) is 19.4 Å². The van der Waals surface area contributed by atoms with Crippen LogP contribution in [0.25, 0.3) is 11.4 Å². The predicted molar refractivity (Wildman–Crippen MR) is 110 cm³/mol. The lowest BCUT2D eigenvalue weighted by Crippen LogP contribution is -2.21. The highest BCUT2D eigenvalue weighted by molar-refractivity contribution is 5.63. The zero-order chi connectivity index (χ0) is 19.8. The van der Waals surface area contributed by atoms with E-state index in [1.54, 1.807) is 16.3 Å².